The molecule has 1 heterocycles. The summed E-state index contributed by atoms with van der Waals surface area (Å²) in [6.07, 6.45) is 9.33. The highest BCUT2D eigenvalue weighted by Crippen LogP contribution is 2.26. The normalized spacial score (nSPS) is 17.6. The average Bonchev–Trinajstić information content (AvgIpc) is 2.65. The number of aryl methyl sites for hydroxylation is 2. The van der Waals surface area contributed by atoms with Gasteiger partial charge in [-0.05, 0) is 49.2 Å². The van der Waals surface area contributed by atoms with E-state index < -0.39 is 0 Å². The molecule has 0 saturated heterocycles. The molecular weight excluding hydrogens is 314 g/mol. The Hall–Kier alpha value is -0.350. The standard InChI is InChI=1S/C16H28BrN3/c1-4-14-16(17)15(20(5-2)18-14)12-19(3)13-10-8-6-7-9-11-13/h13H,4-12H2,1-3H3. The third-order valence-corrected chi connectivity index (χ3v) is 5.46. The lowest BCUT2D eigenvalue weighted by atomic mass is 10.1. The summed E-state index contributed by atoms with van der Waals surface area (Å²) < 4.78 is 3.39. The molecule has 0 radical (unpaired) electrons. The van der Waals surface area contributed by atoms with Crippen molar-refractivity contribution in [3.05, 3.63) is 15.9 Å². The van der Waals surface area contributed by atoms with Gasteiger partial charge in [-0.25, -0.2) is 0 Å². The molecule has 20 heavy (non-hydrogen) atoms. The fraction of sp³-hybridized carbons (Fsp3) is 0.812. The molecule has 2 rings (SSSR count). The van der Waals surface area contributed by atoms with Crippen LogP contribution in [0.3, 0.4) is 0 Å². The Labute approximate surface area is 131 Å². The van der Waals surface area contributed by atoms with Crippen molar-refractivity contribution in [2.24, 2.45) is 0 Å². The minimum atomic E-state index is 0.745. The van der Waals surface area contributed by atoms with Crippen LogP contribution in [0.2, 0.25) is 0 Å². The van der Waals surface area contributed by atoms with Crippen molar-refractivity contribution in [3.63, 3.8) is 0 Å². The molecule has 1 aromatic rings. The van der Waals surface area contributed by atoms with Gasteiger partial charge in [0.2, 0.25) is 0 Å². The van der Waals surface area contributed by atoms with Gasteiger partial charge in [0.05, 0.1) is 15.9 Å². The average molecular weight is 342 g/mol. The summed E-state index contributed by atoms with van der Waals surface area (Å²) in [7, 11) is 2.28. The molecule has 114 valence electrons. The Balaban J connectivity index is 2.09. The molecular formula is C16H28BrN3. The van der Waals surface area contributed by atoms with E-state index in [0.717, 1.165) is 25.6 Å². The Kier molecular flexibility index (Phi) is 6.09. The number of aromatic nitrogens is 2. The monoisotopic (exact) mass is 341 g/mol. The van der Waals surface area contributed by atoms with Crippen LogP contribution >= 0.6 is 15.9 Å². The summed E-state index contributed by atoms with van der Waals surface area (Å²) >= 11 is 3.76. The topological polar surface area (TPSA) is 21.1 Å². The molecule has 3 nitrogen and oxygen atoms in total. The van der Waals surface area contributed by atoms with Crippen LogP contribution in [0, 0.1) is 0 Å². The predicted octanol–water partition coefficient (Wildman–Crippen LogP) is 4.38. The maximum atomic E-state index is 4.71. The first-order valence-electron chi connectivity index (χ1n) is 8.11. The molecule has 1 aliphatic rings. The van der Waals surface area contributed by atoms with Gasteiger partial charge in [0, 0.05) is 19.1 Å². The molecule has 0 aliphatic heterocycles. The first kappa shape index (κ1) is 16.0. The van der Waals surface area contributed by atoms with Gasteiger partial charge in [0.25, 0.3) is 0 Å². The molecule has 0 unspecified atom stereocenters. The molecule has 0 amide bonds. The van der Waals surface area contributed by atoms with Crippen molar-refractivity contribution in [1.29, 1.82) is 0 Å². The van der Waals surface area contributed by atoms with Crippen LogP contribution in [0.15, 0.2) is 4.47 Å². The highest BCUT2D eigenvalue weighted by Gasteiger charge is 2.21. The predicted molar refractivity (Wildman–Crippen MR) is 87.9 cm³/mol. The van der Waals surface area contributed by atoms with Crippen LogP contribution in [-0.2, 0) is 19.5 Å². The van der Waals surface area contributed by atoms with E-state index in [1.165, 1.54) is 54.4 Å². The fourth-order valence-corrected chi connectivity index (χ4v) is 3.92. The smallest absolute Gasteiger partial charge is 0.0767 e. The van der Waals surface area contributed by atoms with Gasteiger partial charge in [-0.1, -0.05) is 32.6 Å². The molecule has 1 aliphatic carbocycles. The second-order valence-electron chi connectivity index (χ2n) is 5.94. The molecule has 0 aromatic carbocycles. The summed E-state index contributed by atoms with van der Waals surface area (Å²) in [5.74, 6) is 0. The number of nitrogens with zero attached hydrogens (tertiary/aromatic N) is 3. The van der Waals surface area contributed by atoms with E-state index in [-0.39, 0.29) is 0 Å². The van der Waals surface area contributed by atoms with E-state index in [1.807, 2.05) is 0 Å². The van der Waals surface area contributed by atoms with Crippen molar-refractivity contribution in [2.75, 3.05) is 7.05 Å². The summed E-state index contributed by atoms with van der Waals surface area (Å²) in [4.78, 5) is 2.54. The van der Waals surface area contributed by atoms with Crippen molar-refractivity contribution in [1.82, 2.24) is 14.7 Å². The van der Waals surface area contributed by atoms with Crippen LogP contribution in [0.25, 0.3) is 0 Å². The van der Waals surface area contributed by atoms with Crippen molar-refractivity contribution < 1.29 is 0 Å². The second-order valence-corrected chi connectivity index (χ2v) is 6.73. The first-order chi connectivity index (χ1) is 9.67. The second kappa shape index (κ2) is 7.60. The minimum absolute atomic E-state index is 0.745. The Morgan fingerprint density at radius 2 is 1.85 bits per heavy atom. The van der Waals surface area contributed by atoms with E-state index in [9.17, 15) is 0 Å². The van der Waals surface area contributed by atoms with Gasteiger partial charge in [-0.2, -0.15) is 5.10 Å². The molecule has 0 atom stereocenters. The molecule has 1 fully saturated rings. The van der Waals surface area contributed by atoms with E-state index in [0.29, 0.717) is 0 Å². The van der Waals surface area contributed by atoms with Crippen LogP contribution in [0.5, 0.6) is 0 Å². The lowest BCUT2D eigenvalue weighted by molar-refractivity contribution is 0.207. The molecule has 1 saturated carbocycles. The first-order valence-corrected chi connectivity index (χ1v) is 8.90. The number of hydrogen-bond donors (Lipinski definition) is 0. The van der Waals surface area contributed by atoms with Gasteiger partial charge in [0.15, 0.2) is 0 Å². The molecule has 1 aromatic heterocycles. The van der Waals surface area contributed by atoms with Crippen molar-refractivity contribution in [2.45, 2.75) is 77.9 Å². The Bertz CT molecular complexity index is 420. The summed E-state index contributed by atoms with van der Waals surface area (Å²) in [5, 5.41) is 4.71. The van der Waals surface area contributed by atoms with E-state index >= 15 is 0 Å². The zero-order valence-corrected chi connectivity index (χ0v) is 14.7. The van der Waals surface area contributed by atoms with Crippen molar-refractivity contribution >= 4 is 15.9 Å². The minimum Gasteiger partial charge on any atom is -0.298 e. The van der Waals surface area contributed by atoms with Crippen LogP contribution in [-0.4, -0.2) is 27.8 Å². The van der Waals surface area contributed by atoms with E-state index in [1.54, 1.807) is 0 Å². The third-order valence-electron chi connectivity index (χ3n) is 4.54. The van der Waals surface area contributed by atoms with Crippen LogP contribution in [0.1, 0.15) is 63.8 Å². The Morgan fingerprint density at radius 3 is 2.40 bits per heavy atom. The third kappa shape index (κ3) is 3.64. The lowest BCUT2D eigenvalue weighted by Crippen LogP contribution is -2.31. The van der Waals surface area contributed by atoms with Gasteiger partial charge in [0.1, 0.15) is 0 Å². The SMILES string of the molecule is CCc1nn(CC)c(CN(C)C2CCCCCC2)c1Br. The quantitative estimate of drug-likeness (QED) is 0.741. The molecule has 0 N–H and O–H groups in total. The highest BCUT2D eigenvalue weighted by molar-refractivity contribution is 9.10. The van der Waals surface area contributed by atoms with Gasteiger partial charge < -0.3 is 0 Å². The summed E-state index contributed by atoms with van der Waals surface area (Å²) in [6, 6.07) is 0.745. The maximum absolute atomic E-state index is 4.71. The van der Waals surface area contributed by atoms with E-state index in [4.69, 9.17) is 5.10 Å². The number of halogens is 1. The summed E-state index contributed by atoms with van der Waals surface area (Å²) in [6.45, 7) is 6.30. The largest absolute Gasteiger partial charge is 0.298 e. The Morgan fingerprint density at radius 1 is 1.20 bits per heavy atom. The van der Waals surface area contributed by atoms with Gasteiger partial charge in [-0.15, -0.1) is 0 Å². The summed E-state index contributed by atoms with van der Waals surface area (Å²) in [5.41, 5.74) is 2.53. The number of rotatable bonds is 5. The maximum Gasteiger partial charge on any atom is 0.0767 e. The van der Waals surface area contributed by atoms with E-state index in [2.05, 4.69) is 46.4 Å². The van der Waals surface area contributed by atoms with Gasteiger partial charge in [-0.3, -0.25) is 9.58 Å². The highest BCUT2D eigenvalue weighted by atomic mass is 79.9. The number of hydrogen-bond acceptors (Lipinski definition) is 2. The van der Waals surface area contributed by atoms with Crippen LogP contribution in [0.4, 0.5) is 0 Å². The van der Waals surface area contributed by atoms with Crippen molar-refractivity contribution in [3.8, 4) is 0 Å². The molecule has 0 bridgehead atoms. The fourth-order valence-electron chi connectivity index (χ4n) is 3.23. The van der Waals surface area contributed by atoms with Gasteiger partial charge >= 0.3 is 0 Å². The van der Waals surface area contributed by atoms with Crippen LogP contribution < -0.4 is 0 Å². The lowest BCUT2D eigenvalue weighted by Gasteiger charge is -2.27. The molecule has 4 heteroatoms. The zero-order valence-electron chi connectivity index (χ0n) is 13.2. The zero-order chi connectivity index (χ0) is 14.5. The molecule has 0 spiro atoms.